The van der Waals surface area contributed by atoms with E-state index in [4.69, 9.17) is 9.47 Å². The Labute approximate surface area is 575 Å². The van der Waals surface area contributed by atoms with Crippen molar-refractivity contribution in [3.63, 3.8) is 0 Å². The molecule has 8 nitrogen and oxygen atoms in total. The van der Waals surface area contributed by atoms with Crippen molar-refractivity contribution in [2.45, 2.75) is 0 Å². The van der Waals surface area contributed by atoms with Gasteiger partial charge in [0.15, 0.2) is 0 Å². The summed E-state index contributed by atoms with van der Waals surface area (Å²) in [6, 6.07) is 120. The molecule has 0 bridgehead atoms. The zero-order valence-electron chi connectivity index (χ0n) is 53.8. The lowest BCUT2D eigenvalue weighted by Crippen LogP contribution is -2.58. The number of nitrogens with zero attached hydrogens (tertiary/aromatic N) is 6. The van der Waals surface area contributed by atoms with E-state index in [0.717, 1.165) is 135 Å². The first-order valence-corrected chi connectivity index (χ1v) is 34.5. The molecule has 10 heteroatoms. The maximum Gasteiger partial charge on any atom is 0.256 e. The fourth-order valence-corrected chi connectivity index (χ4v) is 18.1. The van der Waals surface area contributed by atoms with Crippen molar-refractivity contribution in [1.29, 1.82) is 0 Å². The minimum Gasteiger partial charge on any atom is -0.458 e. The van der Waals surface area contributed by atoms with E-state index >= 15 is 0 Å². The molecule has 0 fully saturated rings. The molecule has 4 aliphatic rings. The molecule has 0 unspecified atom stereocenters. The van der Waals surface area contributed by atoms with Gasteiger partial charge in [-0.05, 0) is 142 Å². The van der Waals surface area contributed by atoms with E-state index < -0.39 is 0 Å². The smallest absolute Gasteiger partial charge is 0.256 e. The molecular formula is C90H54B2N6O2. The standard InChI is InChI=1S/C90H54B2N6O2/c1-5-23-55(24-6-1)93(56-25-7-2-8-26-56)59-43-45-69-81(51-59)99-83-53-61(95-73-39-17-13-31-63(73)64-32-14-18-40-74(64)95)49-79-87(83)91(69)71-37-21-35-67-85-77(97(79)89(67)71)47-48-78-86(85)68-36-22-38-72-90(68)98(78)80-50-62(96-75-41-19-15-33-65(75)66-34-16-20-42-76(66)96)54-84-88(80)92(72)70-46-44-60(52-82(70)100-84)94(57-27-9-3-10-28-57)58-29-11-4-12-30-58/h1-54H. The predicted octanol–water partition coefficient (Wildman–Crippen LogP) is 18.9. The third-order valence-electron chi connectivity index (χ3n) is 22.0. The van der Waals surface area contributed by atoms with E-state index in [-0.39, 0.29) is 13.4 Å². The fourth-order valence-electron chi connectivity index (χ4n) is 18.1. The van der Waals surface area contributed by atoms with Gasteiger partial charge in [-0.15, -0.1) is 0 Å². The summed E-state index contributed by atoms with van der Waals surface area (Å²) >= 11 is 0. The van der Waals surface area contributed by atoms with E-state index in [1.165, 1.54) is 65.0 Å². The van der Waals surface area contributed by atoms with E-state index in [9.17, 15) is 0 Å². The van der Waals surface area contributed by atoms with E-state index in [1.54, 1.807) is 0 Å². The van der Waals surface area contributed by atoms with Crippen molar-refractivity contribution in [1.82, 2.24) is 18.3 Å². The van der Waals surface area contributed by atoms with Crippen molar-refractivity contribution in [2.75, 3.05) is 9.80 Å². The molecule has 19 aromatic rings. The van der Waals surface area contributed by atoms with Gasteiger partial charge in [-0.2, -0.15) is 0 Å². The Bertz CT molecular complexity index is 6160. The third-order valence-corrected chi connectivity index (χ3v) is 22.0. The van der Waals surface area contributed by atoms with E-state index in [2.05, 4.69) is 356 Å². The first-order chi connectivity index (χ1) is 49.6. The lowest BCUT2D eigenvalue weighted by Gasteiger charge is -2.35. The topological polar surface area (TPSA) is 44.7 Å². The minimum absolute atomic E-state index is 0.150. The number of anilines is 6. The van der Waals surface area contributed by atoms with Gasteiger partial charge in [0.2, 0.25) is 0 Å². The van der Waals surface area contributed by atoms with Crippen LogP contribution in [0.2, 0.25) is 0 Å². The molecule has 0 N–H and O–H groups in total. The van der Waals surface area contributed by atoms with Crippen LogP contribution in [-0.2, 0) is 0 Å². The summed E-state index contributed by atoms with van der Waals surface area (Å²) in [5.74, 6) is 3.37. The summed E-state index contributed by atoms with van der Waals surface area (Å²) in [6.07, 6.45) is 0. The highest BCUT2D eigenvalue weighted by Gasteiger charge is 2.44. The SMILES string of the molecule is c1ccc(N(c2ccccc2)c2ccc3c(c2)Oc2cc(-n4c5ccccc5c5ccccc54)cc4c2B3c2cccc3c5c6c7cccc8c7n(c6ccc5n-4c23)-c2cc(-n3c4ccccc4c4ccccc43)cc3c2B8c2ccc(N(c4ccccc4)c4ccccc4)cc2O3)cc1. The first kappa shape index (κ1) is 54.0. The second-order valence-corrected chi connectivity index (χ2v) is 27.0. The van der Waals surface area contributed by atoms with Crippen LogP contribution in [0.4, 0.5) is 34.1 Å². The van der Waals surface area contributed by atoms with Gasteiger partial charge in [-0.3, -0.25) is 0 Å². The second kappa shape index (κ2) is 20.2. The number of ether oxygens (including phenoxy) is 2. The van der Waals surface area contributed by atoms with E-state index in [0.29, 0.717) is 0 Å². The van der Waals surface area contributed by atoms with Crippen molar-refractivity contribution >= 4 is 168 Å². The summed E-state index contributed by atoms with van der Waals surface area (Å²) in [7, 11) is 0. The van der Waals surface area contributed by atoms with Crippen LogP contribution in [0.5, 0.6) is 23.0 Å². The van der Waals surface area contributed by atoms with Gasteiger partial charge in [0.1, 0.15) is 23.0 Å². The van der Waals surface area contributed by atoms with Gasteiger partial charge < -0.3 is 37.5 Å². The largest absolute Gasteiger partial charge is 0.458 e. The lowest BCUT2D eigenvalue weighted by molar-refractivity contribution is 0.487. The van der Waals surface area contributed by atoms with Crippen LogP contribution in [-0.4, -0.2) is 31.7 Å². The molecule has 4 aromatic heterocycles. The summed E-state index contributed by atoms with van der Waals surface area (Å²) in [5, 5.41) is 9.70. The molecule has 0 spiro atoms. The van der Waals surface area contributed by atoms with Gasteiger partial charge in [0.05, 0.1) is 44.5 Å². The molecule has 0 amide bonds. The summed E-state index contributed by atoms with van der Waals surface area (Å²) in [6.45, 7) is -0.300. The Balaban J connectivity index is 0.797. The van der Waals surface area contributed by atoms with Crippen molar-refractivity contribution in [3.05, 3.63) is 328 Å². The second-order valence-electron chi connectivity index (χ2n) is 27.0. The molecule has 100 heavy (non-hydrogen) atoms. The van der Waals surface area contributed by atoms with Crippen LogP contribution in [0, 0.1) is 0 Å². The quantitative estimate of drug-likeness (QED) is 0.142. The number of fused-ring (bicyclic) bond motifs is 21. The molecule has 0 saturated heterocycles. The van der Waals surface area contributed by atoms with Crippen LogP contribution < -0.4 is 52.1 Å². The van der Waals surface area contributed by atoms with Gasteiger partial charge in [0.25, 0.3) is 13.4 Å². The molecule has 0 atom stereocenters. The normalized spacial score (nSPS) is 12.9. The number of rotatable bonds is 8. The van der Waals surface area contributed by atoms with Crippen LogP contribution in [0.15, 0.2) is 328 Å². The number of para-hydroxylation sites is 10. The predicted molar refractivity (Wildman–Crippen MR) is 416 cm³/mol. The van der Waals surface area contributed by atoms with Gasteiger partial charge in [-0.25, -0.2) is 0 Å². The number of hydrogen-bond donors (Lipinski definition) is 0. The third kappa shape index (κ3) is 7.30. The van der Waals surface area contributed by atoms with Crippen LogP contribution >= 0.6 is 0 Å². The Morgan fingerprint density at radius 3 is 0.920 bits per heavy atom. The number of aromatic nitrogens is 4. The minimum atomic E-state index is -0.150. The monoisotopic (exact) mass is 1270 g/mol. The Morgan fingerprint density at radius 1 is 0.230 bits per heavy atom. The van der Waals surface area contributed by atoms with Gasteiger partial charge in [0, 0.05) is 124 Å². The molecule has 8 heterocycles. The highest BCUT2D eigenvalue weighted by Crippen LogP contribution is 2.49. The molecule has 0 radical (unpaired) electrons. The number of hydrogen-bond acceptors (Lipinski definition) is 4. The number of benzene rings is 15. The highest BCUT2D eigenvalue weighted by molar-refractivity contribution is 7.00. The van der Waals surface area contributed by atoms with Crippen LogP contribution in [0.3, 0.4) is 0 Å². The van der Waals surface area contributed by atoms with Gasteiger partial charge in [-0.1, -0.05) is 194 Å². The lowest BCUT2D eigenvalue weighted by atomic mass is 9.34. The Morgan fingerprint density at radius 2 is 0.560 bits per heavy atom. The molecule has 15 aromatic carbocycles. The summed E-state index contributed by atoms with van der Waals surface area (Å²) in [5.41, 5.74) is 26.9. The zero-order valence-corrected chi connectivity index (χ0v) is 53.8. The van der Waals surface area contributed by atoms with Crippen molar-refractivity contribution < 1.29 is 9.47 Å². The summed E-state index contributed by atoms with van der Waals surface area (Å²) < 4.78 is 25.2. The average molecular weight is 1270 g/mol. The van der Waals surface area contributed by atoms with Crippen molar-refractivity contribution in [3.8, 4) is 45.7 Å². The zero-order chi connectivity index (χ0) is 65.0. The van der Waals surface area contributed by atoms with E-state index in [1.807, 2.05) is 0 Å². The van der Waals surface area contributed by atoms with Crippen LogP contribution in [0.25, 0.3) is 110 Å². The fraction of sp³-hybridized carbons (Fsp3) is 0. The summed E-state index contributed by atoms with van der Waals surface area (Å²) in [4.78, 5) is 4.66. The first-order valence-electron chi connectivity index (χ1n) is 34.5. The van der Waals surface area contributed by atoms with Crippen LogP contribution in [0.1, 0.15) is 0 Å². The average Bonchev–Trinajstić information content (AvgIpc) is 1.46. The highest BCUT2D eigenvalue weighted by atomic mass is 16.5. The molecular weight excluding hydrogens is 1220 g/mol. The molecule has 0 aliphatic carbocycles. The Hall–Kier alpha value is -13.2. The van der Waals surface area contributed by atoms with Crippen molar-refractivity contribution in [2.24, 2.45) is 0 Å². The molecule has 4 aliphatic heterocycles. The molecule has 23 rings (SSSR count). The maximum atomic E-state index is 7.58. The van der Waals surface area contributed by atoms with Gasteiger partial charge >= 0.3 is 0 Å². The maximum absolute atomic E-state index is 7.58. The molecule has 0 saturated carbocycles. The Kier molecular flexibility index (Phi) is 10.9. The molecule has 462 valence electrons.